The van der Waals surface area contributed by atoms with E-state index in [1.165, 1.54) is 32.1 Å². The summed E-state index contributed by atoms with van der Waals surface area (Å²) in [6.45, 7) is 5.89. The van der Waals surface area contributed by atoms with Crippen molar-refractivity contribution in [2.24, 2.45) is 5.41 Å². The second kappa shape index (κ2) is 5.08. The van der Waals surface area contributed by atoms with Crippen molar-refractivity contribution in [3.63, 3.8) is 0 Å². The van der Waals surface area contributed by atoms with Crippen molar-refractivity contribution in [1.29, 1.82) is 0 Å². The highest BCUT2D eigenvalue weighted by atomic mass is 16.5. The molecule has 2 aliphatic heterocycles. The van der Waals surface area contributed by atoms with Gasteiger partial charge in [0, 0.05) is 25.1 Å². The molecule has 0 aromatic carbocycles. The highest BCUT2D eigenvalue weighted by Gasteiger charge is 2.43. The monoisotopic (exact) mass is 303 g/mol. The first kappa shape index (κ1) is 14.2. The third-order valence-corrected chi connectivity index (χ3v) is 5.83. The van der Waals surface area contributed by atoms with Gasteiger partial charge in [-0.25, -0.2) is 0 Å². The summed E-state index contributed by atoms with van der Waals surface area (Å²) in [5, 5.41) is 7.39. The number of hydrogen-bond acceptors (Lipinski definition) is 3. The summed E-state index contributed by atoms with van der Waals surface area (Å²) >= 11 is 0. The highest BCUT2D eigenvalue weighted by molar-refractivity contribution is 5.94. The fourth-order valence-electron chi connectivity index (χ4n) is 4.64. The molecule has 5 nitrogen and oxygen atoms in total. The Kier molecular flexibility index (Phi) is 3.29. The molecule has 5 heteroatoms. The third kappa shape index (κ3) is 2.18. The predicted molar refractivity (Wildman–Crippen MR) is 82.7 cm³/mol. The molecule has 1 aromatic heterocycles. The number of carbonyl (C=O) groups excluding carboxylic acids is 1. The SMILES string of the molecule is C[C@@H]1Cc2c(C(=O)N3CCC4(CCCC4)C3)n[nH]c2[C@H](C)O1. The number of aromatic amines is 1. The van der Waals surface area contributed by atoms with Crippen LogP contribution in [0.2, 0.25) is 0 Å². The molecule has 120 valence electrons. The summed E-state index contributed by atoms with van der Waals surface area (Å²) in [5.74, 6) is 0.113. The topological polar surface area (TPSA) is 58.2 Å². The fourth-order valence-corrected chi connectivity index (χ4v) is 4.64. The number of fused-ring (bicyclic) bond motifs is 1. The Hall–Kier alpha value is -1.36. The van der Waals surface area contributed by atoms with Crippen LogP contribution in [-0.2, 0) is 11.2 Å². The average Bonchev–Trinajstić information content (AvgIpc) is 3.20. The first-order valence-corrected chi connectivity index (χ1v) is 8.60. The van der Waals surface area contributed by atoms with Gasteiger partial charge in [-0.3, -0.25) is 9.89 Å². The van der Waals surface area contributed by atoms with Gasteiger partial charge in [-0.1, -0.05) is 12.8 Å². The summed E-state index contributed by atoms with van der Waals surface area (Å²) < 4.78 is 5.81. The molecule has 1 aromatic rings. The minimum absolute atomic E-state index is 0.00690. The number of aromatic nitrogens is 2. The van der Waals surface area contributed by atoms with E-state index in [1.807, 2.05) is 11.8 Å². The van der Waals surface area contributed by atoms with Crippen molar-refractivity contribution in [2.45, 2.75) is 64.6 Å². The second-order valence-electron chi connectivity index (χ2n) is 7.44. The van der Waals surface area contributed by atoms with Crippen molar-refractivity contribution in [3.05, 3.63) is 17.0 Å². The van der Waals surface area contributed by atoms with Crippen molar-refractivity contribution in [2.75, 3.05) is 13.1 Å². The van der Waals surface area contributed by atoms with E-state index in [0.717, 1.165) is 30.8 Å². The Morgan fingerprint density at radius 1 is 1.32 bits per heavy atom. The Labute approximate surface area is 131 Å². The maximum atomic E-state index is 12.9. The summed E-state index contributed by atoms with van der Waals surface area (Å²) in [4.78, 5) is 15.0. The summed E-state index contributed by atoms with van der Waals surface area (Å²) in [5.41, 5.74) is 3.10. The molecule has 1 N–H and O–H groups in total. The highest BCUT2D eigenvalue weighted by Crippen LogP contribution is 2.45. The molecule has 1 aliphatic carbocycles. The molecular weight excluding hydrogens is 278 g/mol. The average molecular weight is 303 g/mol. The number of rotatable bonds is 1. The van der Waals surface area contributed by atoms with Crippen LogP contribution in [0.4, 0.5) is 0 Å². The predicted octanol–water partition coefficient (Wildman–Crippen LogP) is 2.84. The number of ether oxygens (including phenoxy) is 1. The van der Waals surface area contributed by atoms with Gasteiger partial charge in [-0.15, -0.1) is 0 Å². The largest absolute Gasteiger partial charge is 0.369 e. The normalized spacial score (nSPS) is 30.0. The lowest BCUT2D eigenvalue weighted by atomic mass is 9.86. The summed E-state index contributed by atoms with van der Waals surface area (Å²) in [6, 6.07) is 0. The van der Waals surface area contributed by atoms with E-state index >= 15 is 0 Å². The molecule has 22 heavy (non-hydrogen) atoms. The zero-order valence-corrected chi connectivity index (χ0v) is 13.5. The van der Waals surface area contributed by atoms with E-state index in [2.05, 4.69) is 17.1 Å². The van der Waals surface area contributed by atoms with E-state index in [1.54, 1.807) is 0 Å². The number of amides is 1. The van der Waals surface area contributed by atoms with Crippen molar-refractivity contribution in [3.8, 4) is 0 Å². The van der Waals surface area contributed by atoms with E-state index in [4.69, 9.17) is 4.74 Å². The van der Waals surface area contributed by atoms with Gasteiger partial charge in [0.1, 0.15) is 0 Å². The van der Waals surface area contributed by atoms with Crippen LogP contribution in [0, 0.1) is 5.41 Å². The molecule has 0 radical (unpaired) electrons. The zero-order chi connectivity index (χ0) is 15.3. The zero-order valence-electron chi connectivity index (χ0n) is 13.5. The molecule has 0 unspecified atom stereocenters. The third-order valence-electron chi connectivity index (χ3n) is 5.83. The van der Waals surface area contributed by atoms with Gasteiger partial charge in [0.15, 0.2) is 5.69 Å². The van der Waals surface area contributed by atoms with Crippen LogP contribution in [0.15, 0.2) is 0 Å². The lowest BCUT2D eigenvalue weighted by molar-refractivity contribution is -0.00701. The number of likely N-dealkylation sites (tertiary alicyclic amines) is 1. The van der Waals surface area contributed by atoms with Crippen LogP contribution in [0.25, 0.3) is 0 Å². The van der Waals surface area contributed by atoms with Gasteiger partial charge in [0.2, 0.25) is 0 Å². The first-order valence-electron chi connectivity index (χ1n) is 8.60. The smallest absolute Gasteiger partial charge is 0.274 e. The van der Waals surface area contributed by atoms with Gasteiger partial charge >= 0.3 is 0 Å². The van der Waals surface area contributed by atoms with Gasteiger partial charge in [0.25, 0.3) is 5.91 Å². The van der Waals surface area contributed by atoms with Crippen LogP contribution < -0.4 is 0 Å². The molecule has 1 saturated heterocycles. The van der Waals surface area contributed by atoms with E-state index in [0.29, 0.717) is 11.1 Å². The number of nitrogens with zero attached hydrogens (tertiary/aromatic N) is 2. The first-order chi connectivity index (χ1) is 10.6. The van der Waals surface area contributed by atoms with Crippen LogP contribution >= 0.6 is 0 Å². The van der Waals surface area contributed by atoms with Crippen molar-refractivity contribution in [1.82, 2.24) is 15.1 Å². The minimum atomic E-state index is -0.00690. The van der Waals surface area contributed by atoms with Crippen molar-refractivity contribution < 1.29 is 9.53 Å². The lowest BCUT2D eigenvalue weighted by Crippen LogP contribution is -2.33. The molecular formula is C17H25N3O2. The molecule has 0 bridgehead atoms. The second-order valence-corrected chi connectivity index (χ2v) is 7.44. The molecule has 3 aliphatic rings. The van der Waals surface area contributed by atoms with E-state index < -0.39 is 0 Å². The molecule has 2 fully saturated rings. The molecule has 3 heterocycles. The Morgan fingerprint density at radius 3 is 2.86 bits per heavy atom. The molecule has 1 saturated carbocycles. The van der Waals surface area contributed by atoms with E-state index in [-0.39, 0.29) is 18.1 Å². The summed E-state index contributed by atoms with van der Waals surface area (Å²) in [6.07, 6.45) is 7.31. The van der Waals surface area contributed by atoms with Crippen LogP contribution in [0.5, 0.6) is 0 Å². The fraction of sp³-hybridized carbons (Fsp3) is 0.765. The van der Waals surface area contributed by atoms with E-state index in [9.17, 15) is 4.79 Å². The molecule has 2 atom stereocenters. The molecule has 1 amide bonds. The van der Waals surface area contributed by atoms with Crippen LogP contribution in [-0.4, -0.2) is 40.2 Å². The number of hydrogen-bond donors (Lipinski definition) is 1. The quantitative estimate of drug-likeness (QED) is 0.868. The maximum absolute atomic E-state index is 12.9. The Balaban J connectivity index is 1.57. The minimum Gasteiger partial charge on any atom is -0.369 e. The maximum Gasteiger partial charge on any atom is 0.274 e. The summed E-state index contributed by atoms with van der Waals surface area (Å²) in [7, 11) is 0. The standard InChI is InChI=1S/C17H25N3O2/c1-11-9-13-14(12(2)22-11)18-19-15(13)16(21)20-8-7-17(10-20)5-3-4-6-17/h11-12H,3-10H2,1-2H3,(H,18,19)/t11-,12+/m1/s1. The van der Waals surface area contributed by atoms with Gasteiger partial charge < -0.3 is 9.64 Å². The van der Waals surface area contributed by atoms with Crippen LogP contribution in [0.3, 0.4) is 0 Å². The Bertz CT molecular complexity index is 589. The lowest BCUT2D eigenvalue weighted by Gasteiger charge is -2.26. The van der Waals surface area contributed by atoms with Crippen molar-refractivity contribution >= 4 is 5.91 Å². The number of nitrogens with one attached hydrogen (secondary N) is 1. The van der Waals surface area contributed by atoms with Crippen LogP contribution in [0.1, 0.15) is 73.8 Å². The van der Waals surface area contributed by atoms with Gasteiger partial charge in [-0.05, 0) is 38.5 Å². The number of H-pyrrole nitrogens is 1. The number of carbonyl (C=O) groups is 1. The Morgan fingerprint density at radius 2 is 2.09 bits per heavy atom. The van der Waals surface area contributed by atoms with Gasteiger partial charge in [-0.2, -0.15) is 5.10 Å². The molecule has 4 rings (SSSR count). The molecule has 1 spiro atoms. The van der Waals surface area contributed by atoms with Gasteiger partial charge in [0.05, 0.1) is 17.9 Å².